The predicted octanol–water partition coefficient (Wildman–Crippen LogP) is 7.05. The van der Waals surface area contributed by atoms with Crippen molar-refractivity contribution in [1.29, 1.82) is 0 Å². The molecule has 16 nitrogen and oxygen atoms in total. The van der Waals surface area contributed by atoms with E-state index in [2.05, 4.69) is 20.8 Å². The molecular weight excluding hydrogens is 945 g/mol. The fourth-order valence-electron chi connectivity index (χ4n) is 7.69. The molecular formula is C48H47N8O8S4+. The Morgan fingerprint density at radius 2 is 1.53 bits per heavy atom. The number of carbonyl (C=O) groups excluding carboxylic acids is 4. The number of nitrogens with zero attached hydrogens (tertiary/aromatic N) is 5. The summed E-state index contributed by atoms with van der Waals surface area (Å²) < 4.78 is 8.35. The molecule has 2 aliphatic heterocycles. The number of nitrogens with two attached hydrogens (primary N) is 1. The van der Waals surface area contributed by atoms with E-state index < -0.39 is 57.9 Å². The number of ether oxygens (including phenoxy) is 1. The summed E-state index contributed by atoms with van der Waals surface area (Å²) in [7, 11) is 0. The van der Waals surface area contributed by atoms with Crippen molar-refractivity contribution in [2.24, 2.45) is 10.9 Å². The average molecular weight is 992 g/mol. The molecule has 1 saturated heterocycles. The number of hydrogen-bond donors (Lipinski definition) is 4. The van der Waals surface area contributed by atoms with Crippen molar-refractivity contribution >= 4 is 97.0 Å². The molecule has 1 unspecified atom stereocenters. The van der Waals surface area contributed by atoms with Crippen LogP contribution in [-0.2, 0) is 34.3 Å². The molecule has 2 aliphatic rings. The van der Waals surface area contributed by atoms with Gasteiger partial charge in [0.2, 0.25) is 5.60 Å². The Balaban J connectivity index is 1.08. The highest BCUT2D eigenvalue weighted by molar-refractivity contribution is 8.02. The number of β-lactam (4-membered cyclic amide) rings is 1. The summed E-state index contributed by atoms with van der Waals surface area (Å²) in [5.41, 5.74) is 6.07. The van der Waals surface area contributed by atoms with Crippen LogP contribution in [-0.4, -0.2) is 89.6 Å². The molecule has 350 valence electrons. The third-order valence-corrected chi connectivity index (χ3v) is 15.3. The number of carboxylic acids is 1. The summed E-state index contributed by atoms with van der Waals surface area (Å²) in [5.74, 6) is -3.01. The second-order valence-corrected chi connectivity index (χ2v) is 21.5. The number of aliphatic carboxylic acids is 1. The molecule has 68 heavy (non-hydrogen) atoms. The Bertz CT molecular complexity index is 2890. The number of rotatable bonds is 15. The van der Waals surface area contributed by atoms with Crippen molar-refractivity contribution in [2.45, 2.75) is 74.0 Å². The monoisotopic (exact) mass is 991 g/mol. The van der Waals surface area contributed by atoms with Gasteiger partial charge in [-0.05, 0) is 62.9 Å². The number of aryl methyl sites for hydroxylation is 1. The highest BCUT2D eigenvalue weighted by atomic mass is 32.2. The largest absolute Gasteiger partial charge is 0.493 e. The standard InChI is InChI=1S/C48H46N8O8S4/c1-27-34-33(22-23-55(27)43(49)62)68-45(52-34)67-25-28-24-65-40-36(39(58)56(40)37(28)41(59)60)51-38(57)35(54-64-47(5,6)42(61)63-46(2,3)4)32-26-66-44(50-32)53-48(29-16-10-7-11-17-29,30-18-12-8-13-19-30)31-20-14-9-15-21-31/h7-23,26,36,40H,24-25H2,1-6H3,(H4-,49,50,51,53,57,59,60,62)/p+1/t36?,40-/m0/s1. The number of nitrogens with one attached hydrogen (secondary N) is 2. The molecule has 1 fully saturated rings. The number of esters is 1. The maximum Gasteiger partial charge on any atom is 0.493 e. The van der Waals surface area contributed by atoms with Crippen LogP contribution in [0.25, 0.3) is 10.2 Å². The Labute approximate surface area is 408 Å². The van der Waals surface area contributed by atoms with Gasteiger partial charge in [-0.15, -0.1) is 34.4 Å². The van der Waals surface area contributed by atoms with E-state index in [-0.39, 0.29) is 28.6 Å². The summed E-state index contributed by atoms with van der Waals surface area (Å²) >= 11 is 5.23. The number of fused-ring (bicyclic) bond motifs is 2. The number of benzene rings is 3. The first-order chi connectivity index (χ1) is 32.4. The van der Waals surface area contributed by atoms with E-state index in [4.69, 9.17) is 20.3 Å². The van der Waals surface area contributed by atoms with Crippen LogP contribution in [0.5, 0.6) is 0 Å². The maximum absolute atomic E-state index is 14.5. The van der Waals surface area contributed by atoms with Gasteiger partial charge in [0, 0.05) is 23.8 Å². The Morgan fingerprint density at radius 1 is 0.926 bits per heavy atom. The molecule has 2 atom stereocenters. The lowest BCUT2D eigenvalue weighted by molar-refractivity contribution is -0.575. The number of thioether (sulfide) groups is 2. The lowest BCUT2D eigenvalue weighted by atomic mass is 9.77. The van der Waals surface area contributed by atoms with E-state index in [0.717, 1.165) is 21.4 Å². The third kappa shape index (κ3) is 9.58. The van der Waals surface area contributed by atoms with Crippen molar-refractivity contribution in [2.75, 3.05) is 16.8 Å². The first-order valence-electron chi connectivity index (χ1n) is 21.2. The molecule has 5 heterocycles. The number of carbonyl (C=O) groups is 5. The summed E-state index contributed by atoms with van der Waals surface area (Å²) in [6.45, 7) is 9.80. The summed E-state index contributed by atoms with van der Waals surface area (Å²) in [6.07, 6.45) is 1.58. The quantitative estimate of drug-likeness (QED) is 0.0154. The van der Waals surface area contributed by atoms with Crippen LogP contribution >= 0.6 is 46.2 Å². The van der Waals surface area contributed by atoms with Gasteiger partial charge < -0.3 is 25.3 Å². The second kappa shape index (κ2) is 19.2. The normalized spacial score (nSPS) is 16.5. The third-order valence-electron chi connectivity index (χ3n) is 11.0. The fraction of sp³-hybridized carbons (Fsp3) is 0.271. The molecule has 3 amide bonds. The van der Waals surface area contributed by atoms with Crippen molar-refractivity contribution in [1.82, 2.24) is 20.2 Å². The SMILES string of the molecule is Cc1c2nc(SCC3=C(C(=O)O)N4C(=O)C(NC(=O)C(=NOC(C)(C)C(=O)OC(C)(C)C)c5csc(NC(c6ccccc6)(c6ccccc6)c6ccccc6)n5)[C@@H]4SC3)sc2cc[n+]1C(N)=O. The van der Waals surface area contributed by atoms with Crippen LogP contribution in [0.15, 0.2) is 129 Å². The van der Waals surface area contributed by atoms with Gasteiger partial charge in [0.25, 0.3) is 11.8 Å². The van der Waals surface area contributed by atoms with Gasteiger partial charge >= 0.3 is 18.0 Å². The first-order valence-corrected chi connectivity index (χ1v) is 25.0. The zero-order valence-electron chi connectivity index (χ0n) is 37.7. The molecule has 3 aromatic heterocycles. The van der Waals surface area contributed by atoms with Gasteiger partial charge in [-0.3, -0.25) is 20.2 Å². The van der Waals surface area contributed by atoms with Crippen molar-refractivity contribution in [3.8, 4) is 0 Å². The van der Waals surface area contributed by atoms with E-state index in [1.165, 1.54) is 69.5 Å². The van der Waals surface area contributed by atoms with E-state index in [1.54, 1.807) is 45.3 Å². The number of aromatic nitrogens is 3. The average Bonchev–Trinajstić information content (AvgIpc) is 3.96. The molecule has 8 rings (SSSR count). The molecule has 0 spiro atoms. The smallest absolute Gasteiger partial charge is 0.477 e. The van der Waals surface area contributed by atoms with Gasteiger partial charge in [-0.1, -0.05) is 108 Å². The van der Waals surface area contributed by atoms with Gasteiger partial charge in [0.15, 0.2) is 15.2 Å². The Kier molecular flexibility index (Phi) is 13.5. The molecule has 0 radical (unpaired) electrons. The molecule has 5 N–H and O–H groups in total. The summed E-state index contributed by atoms with van der Waals surface area (Å²) in [5, 5.41) is 22.4. The molecule has 0 aliphatic carbocycles. The lowest BCUT2D eigenvalue weighted by Crippen LogP contribution is -2.71. The number of primary amides is 1. The Morgan fingerprint density at radius 3 is 2.09 bits per heavy atom. The number of oxime groups is 1. The first kappa shape index (κ1) is 47.9. The molecule has 20 heteroatoms. The molecule has 0 saturated carbocycles. The molecule has 3 aromatic carbocycles. The van der Waals surface area contributed by atoms with Crippen LogP contribution in [0.3, 0.4) is 0 Å². The summed E-state index contributed by atoms with van der Waals surface area (Å²) in [4.78, 5) is 82.9. The number of hydrogen-bond acceptors (Lipinski definition) is 15. The second-order valence-electron chi connectivity index (χ2n) is 17.3. The van der Waals surface area contributed by atoms with E-state index in [9.17, 15) is 29.1 Å². The number of pyridine rings is 1. The minimum Gasteiger partial charge on any atom is -0.477 e. The maximum atomic E-state index is 14.5. The zero-order chi connectivity index (χ0) is 48.5. The predicted molar refractivity (Wildman–Crippen MR) is 262 cm³/mol. The van der Waals surface area contributed by atoms with Crippen LogP contribution in [0, 0.1) is 6.92 Å². The topological polar surface area (TPSA) is 219 Å². The van der Waals surface area contributed by atoms with E-state index in [1.807, 2.05) is 91.0 Å². The summed E-state index contributed by atoms with van der Waals surface area (Å²) in [6, 6.07) is 29.7. The number of thiazole rings is 2. The molecule has 6 aromatic rings. The van der Waals surface area contributed by atoms with Gasteiger partial charge in [-0.2, -0.15) is 9.36 Å². The van der Waals surface area contributed by atoms with E-state index >= 15 is 0 Å². The van der Waals surface area contributed by atoms with Gasteiger partial charge in [0.1, 0.15) is 51.4 Å². The van der Waals surface area contributed by atoms with Crippen LogP contribution in [0.1, 0.15) is 62.7 Å². The molecule has 0 bridgehead atoms. The van der Waals surface area contributed by atoms with E-state index in [0.29, 0.717) is 26.3 Å². The van der Waals surface area contributed by atoms with Crippen molar-refractivity contribution in [3.63, 3.8) is 0 Å². The fourth-order valence-corrected chi connectivity index (χ4v) is 12.0. The van der Waals surface area contributed by atoms with Gasteiger partial charge in [0.05, 0.1) is 4.70 Å². The van der Waals surface area contributed by atoms with Crippen molar-refractivity contribution < 1.29 is 43.2 Å². The minimum atomic E-state index is -1.66. The van der Waals surface area contributed by atoms with Crippen LogP contribution in [0.4, 0.5) is 9.93 Å². The van der Waals surface area contributed by atoms with Crippen LogP contribution < -0.4 is 20.9 Å². The van der Waals surface area contributed by atoms with Crippen LogP contribution in [0.2, 0.25) is 0 Å². The zero-order valence-corrected chi connectivity index (χ0v) is 41.0. The highest BCUT2D eigenvalue weighted by Crippen LogP contribution is 2.43. The number of anilines is 1. The van der Waals surface area contributed by atoms with Gasteiger partial charge in [-0.25, -0.2) is 19.6 Å². The number of amides is 3. The minimum absolute atomic E-state index is 0.0814. The van der Waals surface area contributed by atoms with Crippen molar-refractivity contribution in [3.05, 3.63) is 148 Å². The number of carboxylic acid groups (broad SMARTS) is 1. The highest BCUT2D eigenvalue weighted by Gasteiger charge is 2.54. The lowest BCUT2D eigenvalue weighted by Gasteiger charge is -2.49. The Hall–Kier alpha value is -6.61.